The van der Waals surface area contributed by atoms with Gasteiger partial charge in [0.1, 0.15) is 10.6 Å². The van der Waals surface area contributed by atoms with Crippen molar-refractivity contribution in [1.29, 1.82) is 0 Å². The first-order chi connectivity index (χ1) is 8.01. The molecule has 4 heteroatoms. The fourth-order valence-corrected chi connectivity index (χ4v) is 3.52. The van der Waals surface area contributed by atoms with Gasteiger partial charge in [0, 0.05) is 12.1 Å². The molecule has 0 spiro atoms. The highest BCUT2D eigenvalue weighted by Crippen LogP contribution is 2.48. The summed E-state index contributed by atoms with van der Waals surface area (Å²) in [6.07, 6.45) is 0. The number of hydrogen-bond acceptors (Lipinski definition) is 4. The van der Waals surface area contributed by atoms with Gasteiger partial charge in [-0.25, -0.2) is 4.98 Å². The second kappa shape index (κ2) is 4.02. The molecule has 1 N–H and O–H groups in total. The van der Waals surface area contributed by atoms with Crippen molar-refractivity contribution in [1.82, 2.24) is 10.3 Å². The van der Waals surface area contributed by atoms with Crippen LogP contribution in [0.2, 0.25) is 0 Å². The standard InChI is InChI=1S/C14H24N2OS/c1-12(2,3)15-8-9-16-10-11(18-9)14(6,7)17-13(10,4)5/h15H,8H2,1-7H3. The number of thiazole rings is 1. The molecule has 0 aromatic carbocycles. The molecule has 0 amide bonds. The van der Waals surface area contributed by atoms with E-state index in [1.165, 1.54) is 4.88 Å². The molecule has 1 aliphatic heterocycles. The smallest absolute Gasteiger partial charge is 0.107 e. The number of ether oxygens (including phenoxy) is 1. The van der Waals surface area contributed by atoms with Crippen molar-refractivity contribution in [3.05, 3.63) is 15.6 Å². The summed E-state index contributed by atoms with van der Waals surface area (Å²) < 4.78 is 6.07. The molecule has 102 valence electrons. The number of fused-ring (bicyclic) bond motifs is 1. The Bertz CT molecular complexity index is 423. The van der Waals surface area contributed by atoms with Crippen LogP contribution in [0.15, 0.2) is 0 Å². The van der Waals surface area contributed by atoms with Gasteiger partial charge in [-0.2, -0.15) is 0 Å². The summed E-state index contributed by atoms with van der Waals surface area (Å²) in [5, 5.41) is 4.64. The van der Waals surface area contributed by atoms with Crippen LogP contribution in [0.4, 0.5) is 0 Å². The Balaban J connectivity index is 2.25. The summed E-state index contributed by atoms with van der Waals surface area (Å²) in [7, 11) is 0. The summed E-state index contributed by atoms with van der Waals surface area (Å²) >= 11 is 1.77. The monoisotopic (exact) mass is 268 g/mol. The molecular formula is C14H24N2OS. The van der Waals surface area contributed by atoms with Crippen LogP contribution in [0.5, 0.6) is 0 Å². The molecule has 0 aliphatic carbocycles. The molecular weight excluding hydrogens is 244 g/mol. The molecule has 0 atom stereocenters. The Kier molecular flexibility index (Phi) is 3.12. The largest absolute Gasteiger partial charge is 0.358 e. The predicted molar refractivity (Wildman–Crippen MR) is 75.8 cm³/mol. The van der Waals surface area contributed by atoms with Gasteiger partial charge in [-0.3, -0.25) is 0 Å². The van der Waals surface area contributed by atoms with Gasteiger partial charge in [0.05, 0.1) is 16.2 Å². The number of nitrogens with one attached hydrogen (secondary N) is 1. The Morgan fingerprint density at radius 3 is 2.28 bits per heavy atom. The van der Waals surface area contributed by atoms with Crippen molar-refractivity contribution in [2.45, 2.75) is 71.8 Å². The number of nitrogens with zero attached hydrogens (tertiary/aromatic N) is 1. The minimum absolute atomic E-state index is 0.123. The van der Waals surface area contributed by atoms with Gasteiger partial charge >= 0.3 is 0 Å². The van der Waals surface area contributed by atoms with E-state index >= 15 is 0 Å². The summed E-state index contributed by atoms with van der Waals surface area (Å²) in [6, 6.07) is 0. The highest BCUT2D eigenvalue weighted by molar-refractivity contribution is 7.12. The predicted octanol–water partition coefficient (Wildman–Crippen LogP) is 3.53. The van der Waals surface area contributed by atoms with E-state index in [0.29, 0.717) is 0 Å². The maximum absolute atomic E-state index is 6.07. The van der Waals surface area contributed by atoms with Gasteiger partial charge < -0.3 is 10.1 Å². The van der Waals surface area contributed by atoms with Crippen molar-refractivity contribution in [3.63, 3.8) is 0 Å². The van der Waals surface area contributed by atoms with E-state index in [4.69, 9.17) is 9.72 Å². The number of hydrogen-bond donors (Lipinski definition) is 1. The number of rotatable bonds is 2. The Hall–Kier alpha value is -0.450. The summed E-state index contributed by atoms with van der Waals surface area (Å²) in [6.45, 7) is 15.8. The average molecular weight is 268 g/mol. The normalized spacial score (nSPS) is 21.1. The minimum Gasteiger partial charge on any atom is -0.358 e. The Labute approximate surface area is 114 Å². The molecule has 2 heterocycles. The van der Waals surface area contributed by atoms with Crippen molar-refractivity contribution in [2.24, 2.45) is 0 Å². The van der Waals surface area contributed by atoms with E-state index in [0.717, 1.165) is 17.2 Å². The lowest BCUT2D eigenvalue weighted by atomic mass is 10.0. The van der Waals surface area contributed by atoms with Crippen LogP contribution < -0.4 is 5.32 Å². The van der Waals surface area contributed by atoms with Gasteiger partial charge in [-0.1, -0.05) is 0 Å². The fourth-order valence-electron chi connectivity index (χ4n) is 2.33. The SMILES string of the molecule is CC(C)(C)NCc1nc2c(s1)C(C)(C)OC2(C)C. The van der Waals surface area contributed by atoms with Crippen molar-refractivity contribution in [3.8, 4) is 0 Å². The zero-order valence-electron chi connectivity index (χ0n) is 12.5. The molecule has 1 aromatic rings. The Morgan fingerprint density at radius 1 is 1.17 bits per heavy atom. The highest BCUT2D eigenvalue weighted by atomic mass is 32.1. The van der Waals surface area contributed by atoms with Gasteiger partial charge in [0.2, 0.25) is 0 Å². The molecule has 0 saturated carbocycles. The van der Waals surface area contributed by atoms with E-state index < -0.39 is 0 Å². The van der Waals surface area contributed by atoms with Gasteiger partial charge in [0.25, 0.3) is 0 Å². The fraction of sp³-hybridized carbons (Fsp3) is 0.786. The van der Waals surface area contributed by atoms with Crippen LogP contribution in [-0.4, -0.2) is 10.5 Å². The van der Waals surface area contributed by atoms with Crippen molar-refractivity contribution >= 4 is 11.3 Å². The third kappa shape index (κ3) is 2.60. The third-order valence-electron chi connectivity index (χ3n) is 3.07. The number of aromatic nitrogens is 1. The van der Waals surface area contributed by atoms with Crippen LogP contribution in [0.3, 0.4) is 0 Å². The van der Waals surface area contributed by atoms with Gasteiger partial charge in [-0.05, 0) is 48.5 Å². The van der Waals surface area contributed by atoms with Crippen LogP contribution in [0, 0.1) is 0 Å². The van der Waals surface area contributed by atoms with Crippen molar-refractivity contribution < 1.29 is 4.74 Å². The molecule has 0 radical (unpaired) electrons. The Morgan fingerprint density at radius 2 is 1.78 bits per heavy atom. The maximum atomic E-state index is 6.07. The first-order valence-corrected chi connectivity index (χ1v) is 7.29. The molecule has 1 aliphatic rings. The van der Waals surface area contributed by atoms with Gasteiger partial charge in [0.15, 0.2) is 0 Å². The van der Waals surface area contributed by atoms with Crippen LogP contribution in [0.25, 0.3) is 0 Å². The zero-order valence-corrected chi connectivity index (χ0v) is 13.3. The molecule has 0 bridgehead atoms. The molecule has 0 saturated heterocycles. The maximum Gasteiger partial charge on any atom is 0.107 e. The molecule has 3 nitrogen and oxygen atoms in total. The van der Waals surface area contributed by atoms with Crippen molar-refractivity contribution in [2.75, 3.05) is 0 Å². The molecule has 18 heavy (non-hydrogen) atoms. The lowest BCUT2D eigenvalue weighted by Crippen LogP contribution is -2.35. The summed E-state index contributed by atoms with van der Waals surface area (Å²) in [4.78, 5) is 6.05. The molecule has 0 fully saturated rings. The van der Waals surface area contributed by atoms with E-state index in [1.807, 2.05) is 0 Å². The summed E-state index contributed by atoms with van der Waals surface area (Å²) in [5.74, 6) is 0. The lowest BCUT2D eigenvalue weighted by Gasteiger charge is -2.25. The molecule has 2 rings (SSSR count). The average Bonchev–Trinajstić information content (AvgIpc) is 2.62. The van der Waals surface area contributed by atoms with E-state index in [1.54, 1.807) is 11.3 Å². The molecule has 0 unspecified atom stereocenters. The van der Waals surface area contributed by atoms with E-state index in [-0.39, 0.29) is 16.7 Å². The minimum atomic E-state index is -0.269. The van der Waals surface area contributed by atoms with Crippen LogP contribution in [-0.2, 0) is 22.5 Å². The quantitative estimate of drug-likeness (QED) is 0.891. The van der Waals surface area contributed by atoms with Gasteiger partial charge in [-0.15, -0.1) is 11.3 Å². The third-order valence-corrected chi connectivity index (χ3v) is 4.43. The second-order valence-corrected chi connectivity index (χ2v) is 8.10. The topological polar surface area (TPSA) is 34.2 Å². The van der Waals surface area contributed by atoms with E-state index in [2.05, 4.69) is 53.8 Å². The first-order valence-electron chi connectivity index (χ1n) is 6.47. The van der Waals surface area contributed by atoms with Crippen LogP contribution in [0.1, 0.15) is 64.0 Å². The van der Waals surface area contributed by atoms with Crippen LogP contribution >= 0.6 is 11.3 Å². The van der Waals surface area contributed by atoms with E-state index in [9.17, 15) is 0 Å². The highest BCUT2D eigenvalue weighted by Gasteiger charge is 2.46. The zero-order chi connectivity index (χ0) is 13.8. The second-order valence-electron chi connectivity index (χ2n) is 7.01. The summed E-state index contributed by atoms with van der Waals surface area (Å²) in [5.41, 5.74) is 0.756. The molecule has 1 aromatic heterocycles. The lowest BCUT2D eigenvalue weighted by molar-refractivity contribution is -0.105. The first kappa shape index (κ1) is 14.0.